The first kappa shape index (κ1) is 12.5. The molecule has 0 aliphatic heterocycles. The zero-order valence-corrected chi connectivity index (χ0v) is 9.36. The quantitative estimate of drug-likeness (QED) is 0.164. The van der Waals surface area contributed by atoms with Crippen molar-refractivity contribution >= 4 is 5.96 Å². The molecule has 1 heterocycles. The molecule has 0 unspecified atom stereocenters. The molecule has 5 N–H and O–H groups in total. The smallest absolute Gasteiger partial charge is 0.205 e. The molecule has 7 heteroatoms. The average Bonchev–Trinajstić information content (AvgIpc) is 2.80. The van der Waals surface area contributed by atoms with Crippen molar-refractivity contribution in [3.05, 3.63) is 18.2 Å². The predicted octanol–water partition coefficient (Wildman–Crippen LogP) is -0.992. The van der Waals surface area contributed by atoms with Crippen LogP contribution >= 0.6 is 0 Å². The first-order valence-electron chi connectivity index (χ1n) is 5.09. The van der Waals surface area contributed by atoms with E-state index in [1.807, 2.05) is 0 Å². The summed E-state index contributed by atoms with van der Waals surface area (Å²) in [6.07, 6.45) is 4.31. The van der Waals surface area contributed by atoms with Crippen molar-refractivity contribution in [2.75, 3.05) is 26.8 Å². The Kier molecular flexibility index (Phi) is 5.97. The number of hydrogen-bond acceptors (Lipinski definition) is 4. The SMILES string of the molecule is COCCN=C(NN)NCCc1ncc[nH]1. The summed E-state index contributed by atoms with van der Waals surface area (Å²) in [5.41, 5.74) is 2.49. The second-order valence-corrected chi connectivity index (χ2v) is 3.08. The molecule has 0 bridgehead atoms. The Labute approximate surface area is 94.5 Å². The molecule has 1 rings (SSSR count). The summed E-state index contributed by atoms with van der Waals surface area (Å²) in [4.78, 5) is 11.3. The number of nitrogens with one attached hydrogen (secondary N) is 3. The maximum absolute atomic E-state index is 5.31. The van der Waals surface area contributed by atoms with E-state index in [2.05, 4.69) is 25.7 Å². The molecule has 1 aromatic rings. The minimum Gasteiger partial charge on any atom is -0.383 e. The Morgan fingerprint density at radius 3 is 3.19 bits per heavy atom. The third-order valence-corrected chi connectivity index (χ3v) is 1.91. The Balaban J connectivity index is 2.20. The number of methoxy groups -OCH3 is 1. The van der Waals surface area contributed by atoms with Gasteiger partial charge in [-0.2, -0.15) is 0 Å². The zero-order chi connectivity index (χ0) is 11.6. The van der Waals surface area contributed by atoms with Crippen molar-refractivity contribution in [2.24, 2.45) is 10.8 Å². The van der Waals surface area contributed by atoms with Gasteiger partial charge in [-0.15, -0.1) is 0 Å². The Hall–Kier alpha value is -1.60. The van der Waals surface area contributed by atoms with Gasteiger partial charge in [0.25, 0.3) is 0 Å². The van der Waals surface area contributed by atoms with E-state index in [0.717, 1.165) is 12.2 Å². The molecule has 0 spiro atoms. The summed E-state index contributed by atoms with van der Waals surface area (Å²) in [5.74, 6) is 6.80. The van der Waals surface area contributed by atoms with Crippen molar-refractivity contribution < 1.29 is 4.74 Å². The molecule has 0 fully saturated rings. The Morgan fingerprint density at radius 2 is 2.56 bits per heavy atom. The first-order chi connectivity index (χ1) is 7.86. The lowest BCUT2D eigenvalue weighted by Gasteiger charge is -2.07. The Morgan fingerprint density at radius 1 is 1.69 bits per heavy atom. The van der Waals surface area contributed by atoms with E-state index >= 15 is 0 Å². The van der Waals surface area contributed by atoms with Gasteiger partial charge in [-0.3, -0.25) is 5.43 Å². The lowest BCUT2D eigenvalue weighted by atomic mass is 10.4. The van der Waals surface area contributed by atoms with E-state index < -0.39 is 0 Å². The second kappa shape index (κ2) is 7.66. The van der Waals surface area contributed by atoms with Gasteiger partial charge in [0.05, 0.1) is 13.2 Å². The fraction of sp³-hybridized carbons (Fsp3) is 0.556. The van der Waals surface area contributed by atoms with Crippen molar-refractivity contribution in [3.8, 4) is 0 Å². The number of hydrogen-bond donors (Lipinski definition) is 4. The van der Waals surface area contributed by atoms with E-state index in [1.54, 1.807) is 19.5 Å². The first-order valence-corrected chi connectivity index (χ1v) is 5.09. The molecule has 7 nitrogen and oxygen atoms in total. The zero-order valence-electron chi connectivity index (χ0n) is 9.36. The van der Waals surface area contributed by atoms with Gasteiger partial charge >= 0.3 is 0 Å². The highest BCUT2D eigenvalue weighted by molar-refractivity contribution is 5.79. The second-order valence-electron chi connectivity index (χ2n) is 3.08. The van der Waals surface area contributed by atoms with Crippen LogP contribution in [0.15, 0.2) is 17.4 Å². The number of ether oxygens (including phenoxy) is 1. The van der Waals surface area contributed by atoms with Crippen LogP contribution in [0.3, 0.4) is 0 Å². The number of rotatable bonds is 6. The molecular formula is C9H18N6O. The number of hydrazine groups is 1. The summed E-state index contributed by atoms with van der Waals surface area (Å²) >= 11 is 0. The fourth-order valence-corrected chi connectivity index (χ4v) is 1.14. The van der Waals surface area contributed by atoms with Crippen LogP contribution in [-0.2, 0) is 11.2 Å². The lowest BCUT2D eigenvalue weighted by Crippen LogP contribution is -2.42. The maximum atomic E-state index is 5.31. The number of guanidine groups is 1. The molecular weight excluding hydrogens is 208 g/mol. The molecule has 0 saturated heterocycles. The number of aliphatic imine (C=N–C) groups is 1. The summed E-state index contributed by atoms with van der Waals surface area (Å²) in [5, 5.41) is 3.06. The van der Waals surface area contributed by atoms with Crippen molar-refractivity contribution in [3.63, 3.8) is 0 Å². The number of nitrogens with zero attached hydrogens (tertiary/aromatic N) is 2. The highest BCUT2D eigenvalue weighted by Gasteiger charge is 1.97. The summed E-state index contributed by atoms with van der Waals surface area (Å²) in [7, 11) is 1.63. The molecule has 0 amide bonds. The highest BCUT2D eigenvalue weighted by atomic mass is 16.5. The largest absolute Gasteiger partial charge is 0.383 e. The molecule has 0 atom stereocenters. The third-order valence-electron chi connectivity index (χ3n) is 1.91. The number of aromatic amines is 1. The van der Waals surface area contributed by atoms with Crippen LogP contribution in [0, 0.1) is 0 Å². The van der Waals surface area contributed by atoms with Crippen LogP contribution in [0.1, 0.15) is 5.82 Å². The number of H-pyrrole nitrogens is 1. The van der Waals surface area contributed by atoms with Gasteiger partial charge in [0.2, 0.25) is 5.96 Å². The van der Waals surface area contributed by atoms with Gasteiger partial charge < -0.3 is 15.0 Å². The van der Waals surface area contributed by atoms with Gasteiger partial charge in [-0.25, -0.2) is 15.8 Å². The molecule has 16 heavy (non-hydrogen) atoms. The van der Waals surface area contributed by atoms with Crippen LogP contribution in [0.25, 0.3) is 0 Å². The summed E-state index contributed by atoms with van der Waals surface area (Å²) in [6.45, 7) is 1.86. The topological polar surface area (TPSA) is 100 Å². The fourth-order valence-electron chi connectivity index (χ4n) is 1.14. The predicted molar refractivity (Wildman–Crippen MR) is 61.8 cm³/mol. The third kappa shape index (κ3) is 4.76. The maximum Gasteiger partial charge on any atom is 0.205 e. The minimum atomic E-state index is 0.559. The van der Waals surface area contributed by atoms with E-state index in [9.17, 15) is 0 Å². The van der Waals surface area contributed by atoms with Gasteiger partial charge in [0.15, 0.2) is 0 Å². The molecule has 0 aliphatic rings. The van der Waals surface area contributed by atoms with Gasteiger partial charge in [-0.05, 0) is 0 Å². The highest BCUT2D eigenvalue weighted by Crippen LogP contribution is 1.87. The summed E-state index contributed by atoms with van der Waals surface area (Å²) in [6, 6.07) is 0. The Bertz CT molecular complexity index is 297. The standard InChI is InChI=1S/C9H18N6O/c1-16-7-6-14-9(15-10)13-3-2-8-11-4-5-12-8/h4-5H,2-3,6-7,10H2,1H3,(H,11,12)(H2,13,14,15). The van der Waals surface area contributed by atoms with Crippen LogP contribution in [-0.4, -0.2) is 42.7 Å². The van der Waals surface area contributed by atoms with E-state index in [1.165, 1.54) is 0 Å². The summed E-state index contributed by atoms with van der Waals surface area (Å²) < 4.78 is 4.88. The van der Waals surface area contributed by atoms with Crippen molar-refractivity contribution in [1.29, 1.82) is 0 Å². The number of aromatic nitrogens is 2. The van der Waals surface area contributed by atoms with E-state index in [4.69, 9.17) is 10.6 Å². The van der Waals surface area contributed by atoms with Gasteiger partial charge in [0.1, 0.15) is 5.82 Å². The molecule has 90 valence electrons. The van der Waals surface area contributed by atoms with Crippen LogP contribution < -0.4 is 16.6 Å². The van der Waals surface area contributed by atoms with Gasteiger partial charge in [0, 0.05) is 32.5 Å². The minimum absolute atomic E-state index is 0.559. The van der Waals surface area contributed by atoms with Crippen LogP contribution in [0.5, 0.6) is 0 Å². The number of nitrogens with two attached hydrogens (primary N) is 1. The van der Waals surface area contributed by atoms with Crippen LogP contribution in [0.2, 0.25) is 0 Å². The molecule has 0 aliphatic carbocycles. The monoisotopic (exact) mass is 226 g/mol. The molecule has 0 aromatic carbocycles. The molecule has 1 aromatic heterocycles. The number of imidazole rings is 1. The van der Waals surface area contributed by atoms with Crippen molar-refractivity contribution in [2.45, 2.75) is 6.42 Å². The van der Waals surface area contributed by atoms with Crippen LogP contribution in [0.4, 0.5) is 0 Å². The van der Waals surface area contributed by atoms with Crippen molar-refractivity contribution in [1.82, 2.24) is 20.7 Å². The van der Waals surface area contributed by atoms with E-state index in [-0.39, 0.29) is 0 Å². The molecule has 0 radical (unpaired) electrons. The average molecular weight is 226 g/mol. The van der Waals surface area contributed by atoms with Gasteiger partial charge in [-0.1, -0.05) is 0 Å². The molecule has 0 saturated carbocycles. The lowest BCUT2D eigenvalue weighted by molar-refractivity contribution is 0.208. The normalized spacial score (nSPS) is 11.5. The van der Waals surface area contributed by atoms with E-state index in [0.29, 0.717) is 25.7 Å².